The molecule has 0 saturated carbocycles. The molecule has 0 unspecified atom stereocenters. The first-order chi connectivity index (χ1) is 21.0. The minimum Gasteiger partial charge on any atom is -0.492 e. The molecular weight excluding hydrogens is 596 g/mol. The molecular formula is C32H35ClN6O4Si. The first-order valence-electron chi connectivity index (χ1n) is 14.5. The van der Waals surface area contributed by atoms with Crippen LogP contribution in [0.25, 0.3) is 5.69 Å². The predicted molar refractivity (Wildman–Crippen MR) is 173 cm³/mol. The number of hydrogen-bond acceptors (Lipinski definition) is 7. The van der Waals surface area contributed by atoms with Crippen molar-refractivity contribution in [3.63, 3.8) is 0 Å². The number of aryl methyl sites for hydroxylation is 1. The molecule has 12 heteroatoms. The van der Waals surface area contributed by atoms with Crippen molar-refractivity contribution in [1.29, 1.82) is 0 Å². The van der Waals surface area contributed by atoms with Crippen molar-refractivity contribution in [3.05, 3.63) is 100 Å². The van der Waals surface area contributed by atoms with Crippen molar-refractivity contribution in [2.75, 3.05) is 19.7 Å². The highest BCUT2D eigenvalue weighted by molar-refractivity contribution is 6.83. The summed E-state index contributed by atoms with van der Waals surface area (Å²) in [5.41, 5.74) is 3.62. The Hall–Kier alpha value is -4.32. The van der Waals surface area contributed by atoms with E-state index >= 15 is 0 Å². The molecule has 228 valence electrons. The Morgan fingerprint density at radius 2 is 1.75 bits per heavy atom. The van der Waals surface area contributed by atoms with Gasteiger partial charge in [0.2, 0.25) is 14.2 Å². The minimum absolute atomic E-state index is 0.114. The summed E-state index contributed by atoms with van der Waals surface area (Å²) in [5.74, 6) is 1.49. The molecule has 1 atom stereocenters. The molecule has 0 radical (unpaired) electrons. The van der Waals surface area contributed by atoms with Crippen LogP contribution in [-0.4, -0.2) is 65.1 Å². The third kappa shape index (κ3) is 6.90. The average molecular weight is 631 g/mol. The fraction of sp³-hybridized carbons (Fsp3) is 0.281. The predicted octanol–water partition coefficient (Wildman–Crippen LogP) is 3.86. The number of fused-ring (bicyclic) bond motifs is 3. The Balaban J connectivity index is 1.39. The highest BCUT2D eigenvalue weighted by atomic mass is 35.5. The van der Waals surface area contributed by atoms with Crippen LogP contribution in [0.1, 0.15) is 52.5 Å². The minimum atomic E-state index is -2.43. The number of nitrogens with one attached hydrogen (secondary N) is 2. The number of rotatable bonds is 10. The van der Waals surface area contributed by atoms with Gasteiger partial charge in [0.1, 0.15) is 24.2 Å². The van der Waals surface area contributed by atoms with E-state index in [2.05, 4.69) is 20.8 Å². The first kappa shape index (κ1) is 31.1. The fourth-order valence-corrected chi connectivity index (χ4v) is 6.16. The summed E-state index contributed by atoms with van der Waals surface area (Å²) in [5, 5.41) is 15.9. The maximum atomic E-state index is 12.7. The van der Waals surface area contributed by atoms with Crippen molar-refractivity contribution in [3.8, 4) is 11.4 Å². The van der Waals surface area contributed by atoms with E-state index in [4.69, 9.17) is 21.3 Å². The van der Waals surface area contributed by atoms with Crippen molar-refractivity contribution >= 4 is 42.6 Å². The van der Waals surface area contributed by atoms with Crippen LogP contribution >= 0.6 is 11.6 Å². The van der Waals surface area contributed by atoms with Crippen LogP contribution in [0.3, 0.4) is 0 Å². The maximum Gasteiger partial charge on any atom is 0.251 e. The lowest BCUT2D eigenvalue weighted by Crippen LogP contribution is -2.41. The van der Waals surface area contributed by atoms with Crippen LogP contribution in [0.15, 0.2) is 71.7 Å². The van der Waals surface area contributed by atoms with E-state index in [-0.39, 0.29) is 24.8 Å². The van der Waals surface area contributed by atoms with Crippen molar-refractivity contribution < 1.29 is 19.1 Å². The molecule has 1 aromatic heterocycles. The van der Waals surface area contributed by atoms with E-state index in [0.29, 0.717) is 46.8 Å². The summed E-state index contributed by atoms with van der Waals surface area (Å²) in [6.45, 7) is 8.46. The molecule has 5 rings (SSSR count). The van der Waals surface area contributed by atoms with Crippen LogP contribution in [0, 0.1) is 6.92 Å². The lowest BCUT2D eigenvalue weighted by molar-refractivity contribution is -0.121. The molecule has 0 aliphatic carbocycles. The summed E-state index contributed by atoms with van der Waals surface area (Å²) in [6, 6.07) is 19.6. The highest BCUT2D eigenvalue weighted by Gasteiger charge is 2.30. The van der Waals surface area contributed by atoms with Gasteiger partial charge in [-0.1, -0.05) is 35.9 Å². The molecule has 1 aliphatic heterocycles. The van der Waals surface area contributed by atoms with Crippen LogP contribution in [0.5, 0.6) is 5.75 Å². The van der Waals surface area contributed by atoms with Gasteiger partial charge in [-0.3, -0.25) is 19.1 Å². The molecule has 3 aromatic carbocycles. The summed E-state index contributed by atoms with van der Waals surface area (Å²) >= 11 is 6.20. The number of hydrogen-bond donors (Lipinski definition) is 3. The zero-order chi connectivity index (χ0) is 31.4. The maximum absolute atomic E-state index is 12.7. The number of aliphatic imine (C=N–C) groups is 1. The smallest absolute Gasteiger partial charge is 0.251 e. The fourth-order valence-electron chi connectivity index (χ4n) is 5.05. The van der Waals surface area contributed by atoms with Gasteiger partial charge in [0.05, 0.1) is 24.4 Å². The van der Waals surface area contributed by atoms with Crippen LogP contribution in [-0.2, 0) is 4.79 Å². The van der Waals surface area contributed by atoms with Gasteiger partial charge in [-0.05, 0) is 74.6 Å². The quantitative estimate of drug-likeness (QED) is 0.180. The Bertz CT molecular complexity index is 1700. The van der Waals surface area contributed by atoms with Crippen LogP contribution < -0.4 is 20.6 Å². The Morgan fingerprint density at radius 1 is 1.02 bits per heavy atom. The zero-order valence-corrected chi connectivity index (χ0v) is 26.9. The molecule has 4 aromatic rings. The molecule has 0 fully saturated rings. The van der Waals surface area contributed by atoms with Gasteiger partial charge in [0.25, 0.3) is 5.91 Å². The van der Waals surface area contributed by atoms with Gasteiger partial charge in [0, 0.05) is 28.3 Å². The Morgan fingerprint density at radius 3 is 2.43 bits per heavy atom. The van der Waals surface area contributed by atoms with Gasteiger partial charge in [-0.2, -0.15) is 0 Å². The molecule has 2 heterocycles. The SMILES string of the molecule is CCNC(=O)C[C@@H]1N=C(c2ccc(Cl)cc2)c2cc(OCCNC(=O)c3ccc([Si](C)(C)O)cc3)ccc2-n2c(C)nnc21. The van der Waals surface area contributed by atoms with E-state index < -0.39 is 14.4 Å². The Kier molecular flexibility index (Phi) is 9.28. The summed E-state index contributed by atoms with van der Waals surface area (Å²) in [6.07, 6.45) is 0.114. The van der Waals surface area contributed by atoms with Gasteiger partial charge < -0.3 is 20.2 Å². The number of nitrogens with zero attached hydrogens (tertiary/aromatic N) is 4. The van der Waals surface area contributed by atoms with Gasteiger partial charge in [-0.25, -0.2) is 0 Å². The topological polar surface area (TPSA) is 131 Å². The molecule has 10 nitrogen and oxygen atoms in total. The number of halogens is 1. The number of carbonyl (C=O) groups excluding carboxylic acids is 2. The van der Waals surface area contributed by atoms with Crippen molar-refractivity contribution in [2.24, 2.45) is 4.99 Å². The summed E-state index contributed by atoms with van der Waals surface area (Å²) in [4.78, 5) is 40.7. The average Bonchev–Trinajstić information content (AvgIpc) is 3.32. The van der Waals surface area contributed by atoms with Gasteiger partial charge in [-0.15, -0.1) is 10.2 Å². The third-order valence-corrected chi connectivity index (χ3v) is 9.28. The van der Waals surface area contributed by atoms with Gasteiger partial charge in [0.15, 0.2) is 5.82 Å². The van der Waals surface area contributed by atoms with E-state index in [9.17, 15) is 14.4 Å². The van der Waals surface area contributed by atoms with Crippen molar-refractivity contribution in [2.45, 2.75) is 39.4 Å². The van der Waals surface area contributed by atoms with E-state index in [1.54, 1.807) is 36.4 Å². The highest BCUT2D eigenvalue weighted by Crippen LogP contribution is 2.34. The molecule has 0 saturated heterocycles. The lowest BCUT2D eigenvalue weighted by Gasteiger charge is -2.15. The lowest BCUT2D eigenvalue weighted by atomic mass is 10.00. The second kappa shape index (κ2) is 13.1. The number of carbonyl (C=O) groups is 2. The van der Waals surface area contributed by atoms with E-state index in [0.717, 1.165) is 22.0 Å². The van der Waals surface area contributed by atoms with Crippen LogP contribution in [0.2, 0.25) is 18.1 Å². The standard InChI is InChI=1S/C32H35ClN6O4Si/c1-5-34-29(40)19-27-31-38-37-20(2)39(31)28-15-12-24(18-26(28)30(36-27)21-6-10-23(33)11-7-21)43-17-16-35-32(41)22-8-13-25(14-9-22)44(3,4)42/h6-15,18,27,42H,5,16-17,19H2,1-4H3,(H,34,40)(H,35,41)/t27-/m0/s1. The second-order valence-electron chi connectivity index (χ2n) is 11.0. The molecule has 2 amide bonds. The normalized spacial score (nSPS) is 14.1. The monoisotopic (exact) mass is 630 g/mol. The first-order valence-corrected chi connectivity index (χ1v) is 17.8. The van der Waals surface area contributed by atoms with E-state index in [1.807, 2.05) is 61.8 Å². The molecule has 3 N–H and O–H groups in total. The molecule has 44 heavy (non-hydrogen) atoms. The number of benzene rings is 3. The number of aromatic nitrogens is 3. The van der Waals surface area contributed by atoms with Crippen molar-refractivity contribution in [1.82, 2.24) is 25.4 Å². The number of amides is 2. The number of ether oxygens (including phenoxy) is 1. The molecule has 1 aliphatic rings. The largest absolute Gasteiger partial charge is 0.492 e. The van der Waals surface area contributed by atoms with Gasteiger partial charge >= 0.3 is 0 Å². The van der Waals surface area contributed by atoms with E-state index in [1.165, 1.54) is 0 Å². The second-order valence-corrected chi connectivity index (χ2v) is 15.2. The summed E-state index contributed by atoms with van der Waals surface area (Å²) < 4.78 is 8.00. The third-order valence-electron chi connectivity index (χ3n) is 7.28. The summed E-state index contributed by atoms with van der Waals surface area (Å²) in [7, 11) is -2.43. The van der Waals surface area contributed by atoms with Crippen LogP contribution in [0.4, 0.5) is 0 Å². The zero-order valence-electron chi connectivity index (χ0n) is 25.1. The molecule has 0 spiro atoms. The Labute approximate surface area is 262 Å². The molecule has 0 bridgehead atoms.